The summed E-state index contributed by atoms with van der Waals surface area (Å²) in [5, 5.41) is 14.3. The van der Waals surface area contributed by atoms with Crippen molar-refractivity contribution < 1.29 is 32.3 Å². The molecule has 2 aliphatic rings. The van der Waals surface area contributed by atoms with Crippen molar-refractivity contribution in [2.75, 3.05) is 18.9 Å². The fourth-order valence-electron chi connectivity index (χ4n) is 4.98. The minimum Gasteiger partial charge on any atom is -0.337 e. The van der Waals surface area contributed by atoms with Crippen LogP contribution in [0.3, 0.4) is 0 Å². The zero-order valence-electron chi connectivity index (χ0n) is 21.1. The van der Waals surface area contributed by atoms with E-state index >= 15 is 0 Å². The van der Waals surface area contributed by atoms with Gasteiger partial charge in [0, 0.05) is 19.3 Å². The third-order valence-corrected chi connectivity index (χ3v) is 6.91. The van der Waals surface area contributed by atoms with Crippen LogP contribution in [-0.2, 0) is 25.6 Å². The van der Waals surface area contributed by atoms with E-state index in [2.05, 4.69) is 11.4 Å². The molecule has 2 N–H and O–H groups in total. The SMILES string of the molecule is CC(C)C[C@@H](C(=O)N1C[C@]2(Cc3ccccc3NC2=O)C[C@H]1C#N)N(C)C(=O)[C@H](C)NC(=O)C(F)(F)F. The van der Waals surface area contributed by atoms with Gasteiger partial charge in [-0.1, -0.05) is 32.0 Å². The number of amides is 4. The third kappa shape index (κ3) is 5.70. The maximum absolute atomic E-state index is 13.8. The molecule has 1 fully saturated rings. The van der Waals surface area contributed by atoms with Crippen molar-refractivity contribution in [2.24, 2.45) is 11.3 Å². The van der Waals surface area contributed by atoms with Crippen LogP contribution in [0.2, 0.25) is 0 Å². The normalized spacial score (nSPS) is 22.6. The lowest BCUT2D eigenvalue weighted by atomic mass is 9.76. The monoisotopic (exact) mass is 521 g/mol. The Morgan fingerprint density at radius 1 is 1.27 bits per heavy atom. The number of hydrogen-bond acceptors (Lipinski definition) is 5. The predicted molar refractivity (Wildman–Crippen MR) is 127 cm³/mol. The number of hydrogen-bond donors (Lipinski definition) is 2. The third-order valence-electron chi connectivity index (χ3n) is 6.91. The van der Waals surface area contributed by atoms with Gasteiger partial charge in [0.2, 0.25) is 17.7 Å². The Balaban J connectivity index is 1.85. The highest BCUT2D eigenvalue weighted by atomic mass is 19.4. The molecule has 2 heterocycles. The second-order valence-corrected chi connectivity index (χ2v) is 10.2. The highest BCUT2D eigenvalue weighted by Crippen LogP contribution is 2.43. The summed E-state index contributed by atoms with van der Waals surface area (Å²) in [6, 6.07) is 5.79. The topological polar surface area (TPSA) is 123 Å². The smallest absolute Gasteiger partial charge is 0.337 e. The van der Waals surface area contributed by atoms with Crippen molar-refractivity contribution in [2.45, 2.75) is 64.3 Å². The zero-order chi connectivity index (χ0) is 27.7. The van der Waals surface area contributed by atoms with E-state index < -0.39 is 47.4 Å². The van der Waals surface area contributed by atoms with Crippen molar-refractivity contribution in [1.82, 2.24) is 15.1 Å². The number of rotatable bonds is 6. The average molecular weight is 522 g/mol. The molecule has 0 saturated carbocycles. The summed E-state index contributed by atoms with van der Waals surface area (Å²) < 4.78 is 38.0. The number of likely N-dealkylation sites (tertiary alicyclic amines) is 1. The highest BCUT2D eigenvalue weighted by Gasteiger charge is 2.54. The first-order chi connectivity index (χ1) is 17.2. The minimum atomic E-state index is -5.16. The van der Waals surface area contributed by atoms with Gasteiger partial charge in [0.1, 0.15) is 18.1 Å². The average Bonchev–Trinajstić information content (AvgIpc) is 3.20. The predicted octanol–water partition coefficient (Wildman–Crippen LogP) is 2.23. The number of likely N-dealkylation sites (N-methyl/N-ethyl adjacent to an activating group) is 1. The van der Waals surface area contributed by atoms with E-state index in [4.69, 9.17) is 0 Å². The van der Waals surface area contributed by atoms with Gasteiger partial charge >= 0.3 is 12.1 Å². The van der Waals surface area contributed by atoms with Gasteiger partial charge in [-0.25, -0.2) is 0 Å². The van der Waals surface area contributed by atoms with E-state index in [-0.39, 0.29) is 31.2 Å². The van der Waals surface area contributed by atoms with Crippen molar-refractivity contribution in [1.29, 1.82) is 5.26 Å². The number of benzene rings is 1. The standard InChI is InChI=1S/C25H30F3N5O4/c1-14(2)9-19(32(4)20(34)15(3)30-23(37)25(26,27)28)21(35)33-13-24(11-17(33)12-29)10-16-7-5-6-8-18(16)31-22(24)36/h5-8,14-15,17,19H,9-11,13H2,1-4H3,(H,30,37)(H,31,36)/t15-,17-,19-,24-/m0/s1. The summed E-state index contributed by atoms with van der Waals surface area (Å²) in [5.41, 5.74) is 0.534. The van der Waals surface area contributed by atoms with Crippen LogP contribution in [0.15, 0.2) is 24.3 Å². The molecule has 2 aliphatic heterocycles. The Hall–Kier alpha value is -3.62. The number of nitriles is 1. The van der Waals surface area contributed by atoms with Crippen molar-refractivity contribution >= 4 is 29.3 Å². The number of carbonyl (C=O) groups is 4. The first-order valence-corrected chi connectivity index (χ1v) is 11.9. The molecule has 200 valence electrons. The van der Waals surface area contributed by atoms with E-state index in [9.17, 15) is 37.6 Å². The van der Waals surface area contributed by atoms with Gasteiger partial charge in [-0.2, -0.15) is 18.4 Å². The van der Waals surface area contributed by atoms with Crippen LogP contribution in [0.1, 0.15) is 39.2 Å². The molecule has 0 radical (unpaired) electrons. The molecule has 4 atom stereocenters. The first-order valence-electron chi connectivity index (χ1n) is 11.9. The lowest BCUT2D eigenvalue weighted by Crippen LogP contribution is -2.56. The summed E-state index contributed by atoms with van der Waals surface area (Å²) in [7, 11) is 1.28. The molecule has 37 heavy (non-hydrogen) atoms. The number of alkyl halides is 3. The molecule has 0 aromatic heterocycles. The molecule has 0 bridgehead atoms. The van der Waals surface area contributed by atoms with E-state index in [1.807, 2.05) is 26.0 Å². The Morgan fingerprint density at radius 2 is 1.92 bits per heavy atom. The minimum absolute atomic E-state index is 0.0405. The van der Waals surface area contributed by atoms with Gasteiger partial charge in [0.05, 0.1) is 11.5 Å². The Bertz CT molecular complexity index is 1130. The summed E-state index contributed by atoms with van der Waals surface area (Å²) in [4.78, 5) is 53.4. The van der Waals surface area contributed by atoms with Gasteiger partial charge in [-0.05, 0) is 43.7 Å². The van der Waals surface area contributed by atoms with Crippen LogP contribution < -0.4 is 10.6 Å². The van der Waals surface area contributed by atoms with Crippen LogP contribution in [0, 0.1) is 22.7 Å². The number of para-hydroxylation sites is 1. The Morgan fingerprint density at radius 3 is 2.51 bits per heavy atom. The quantitative estimate of drug-likeness (QED) is 0.595. The number of fused-ring (bicyclic) bond motifs is 1. The molecule has 4 amide bonds. The molecule has 3 rings (SSSR count). The molecule has 1 aromatic rings. The van der Waals surface area contributed by atoms with E-state index in [0.29, 0.717) is 12.1 Å². The van der Waals surface area contributed by atoms with E-state index in [0.717, 1.165) is 17.4 Å². The van der Waals surface area contributed by atoms with E-state index in [1.54, 1.807) is 17.4 Å². The number of nitrogens with zero attached hydrogens (tertiary/aromatic N) is 3. The second kappa shape index (κ2) is 10.4. The van der Waals surface area contributed by atoms with Gasteiger partial charge in [0.15, 0.2) is 0 Å². The van der Waals surface area contributed by atoms with Crippen LogP contribution in [0.25, 0.3) is 0 Å². The lowest BCUT2D eigenvalue weighted by molar-refractivity contribution is -0.175. The van der Waals surface area contributed by atoms with Crippen LogP contribution in [-0.4, -0.2) is 71.3 Å². The molecular formula is C25H30F3N5O4. The van der Waals surface area contributed by atoms with Gasteiger partial charge in [-0.15, -0.1) is 0 Å². The summed E-state index contributed by atoms with van der Waals surface area (Å²) in [6.45, 7) is 4.69. The van der Waals surface area contributed by atoms with Crippen molar-refractivity contribution in [3.8, 4) is 6.07 Å². The molecule has 1 aromatic carbocycles. The molecule has 12 heteroatoms. The molecule has 0 unspecified atom stereocenters. The van der Waals surface area contributed by atoms with Crippen LogP contribution in [0.4, 0.5) is 18.9 Å². The maximum Gasteiger partial charge on any atom is 0.471 e. The zero-order valence-corrected chi connectivity index (χ0v) is 21.1. The van der Waals surface area contributed by atoms with E-state index in [1.165, 1.54) is 11.9 Å². The molecular weight excluding hydrogens is 491 g/mol. The molecule has 1 saturated heterocycles. The Kier molecular flexibility index (Phi) is 7.86. The molecule has 9 nitrogen and oxygen atoms in total. The van der Waals surface area contributed by atoms with Gasteiger partial charge < -0.3 is 20.4 Å². The fourth-order valence-corrected chi connectivity index (χ4v) is 4.98. The number of halogens is 3. The van der Waals surface area contributed by atoms with Crippen molar-refractivity contribution in [3.63, 3.8) is 0 Å². The van der Waals surface area contributed by atoms with Gasteiger partial charge in [0.25, 0.3) is 0 Å². The fraction of sp³-hybridized carbons (Fsp3) is 0.560. The summed E-state index contributed by atoms with van der Waals surface area (Å²) in [6.07, 6.45) is -4.55. The van der Waals surface area contributed by atoms with Gasteiger partial charge in [-0.3, -0.25) is 19.2 Å². The number of carbonyl (C=O) groups excluding carboxylic acids is 4. The number of nitrogens with one attached hydrogen (secondary N) is 2. The largest absolute Gasteiger partial charge is 0.471 e. The first kappa shape index (κ1) is 28.0. The molecule has 0 aliphatic carbocycles. The second-order valence-electron chi connectivity index (χ2n) is 10.2. The summed E-state index contributed by atoms with van der Waals surface area (Å²) in [5.74, 6) is -4.11. The number of anilines is 1. The highest BCUT2D eigenvalue weighted by molar-refractivity contribution is 6.00. The molecule has 1 spiro atoms. The Labute approximate surface area is 213 Å². The maximum atomic E-state index is 13.8. The summed E-state index contributed by atoms with van der Waals surface area (Å²) >= 11 is 0. The van der Waals surface area contributed by atoms with Crippen LogP contribution in [0.5, 0.6) is 0 Å². The van der Waals surface area contributed by atoms with Crippen LogP contribution >= 0.6 is 0 Å². The van der Waals surface area contributed by atoms with Crippen molar-refractivity contribution in [3.05, 3.63) is 29.8 Å². The lowest BCUT2D eigenvalue weighted by Gasteiger charge is -2.36.